The Hall–Kier alpha value is -2.35. The Morgan fingerprint density at radius 2 is 1.89 bits per heavy atom. The Balaban J connectivity index is 1.34. The molecule has 0 spiro atoms. The predicted octanol–water partition coefficient (Wildman–Crippen LogP) is 6.67. The molecule has 0 saturated carbocycles. The van der Waals surface area contributed by atoms with Crippen LogP contribution in [0.4, 0.5) is 13.2 Å². The molecule has 1 N–H and O–H groups in total. The summed E-state index contributed by atoms with van der Waals surface area (Å²) in [6.45, 7) is 2.23. The number of hydrogen-bond donors (Lipinski definition) is 1. The molecule has 0 aliphatic carbocycles. The minimum atomic E-state index is -1.30. The SMILES string of the molecule is COc1ccc2ncc(Cl)c([C@@H](F)CCC3(CO)CCN(CCCc4c(F)cccc4F)CC3)c2c1. The van der Waals surface area contributed by atoms with E-state index in [1.807, 2.05) is 0 Å². The second-order valence-electron chi connectivity index (χ2n) is 9.71. The van der Waals surface area contributed by atoms with Crippen LogP contribution in [0.25, 0.3) is 10.9 Å². The van der Waals surface area contributed by atoms with E-state index in [0.717, 1.165) is 32.5 Å². The standard InChI is InChI=1S/C28H32ClF3N2O2/c1-36-19-7-8-26-21(16-19)27(22(29)17-33-26)25(32)9-10-28(18-35)11-14-34(15-12-28)13-3-4-20-23(30)5-2-6-24(20)31/h2,5-8,16-17,25,35H,3-4,9-15,18H2,1H3/t25-/m0/s1. The highest BCUT2D eigenvalue weighted by Crippen LogP contribution is 2.42. The second-order valence-corrected chi connectivity index (χ2v) is 10.1. The number of ether oxygens (including phenoxy) is 1. The third kappa shape index (κ3) is 5.96. The summed E-state index contributed by atoms with van der Waals surface area (Å²) in [4.78, 5) is 6.55. The quantitative estimate of drug-likeness (QED) is 0.324. The van der Waals surface area contributed by atoms with Gasteiger partial charge in [0.25, 0.3) is 0 Å². The van der Waals surface area contributed by atoms with Crippen LogP contribution in [-0.4, -0.2) is 48.3 Å². The van der Waals surface area contributed by atoms with Gasteiger partial charge < -0.3 is 14.7 Å². The van der Waals surface area contributed by atoms with Gasteiger partial charge in [0.15, 0.2) is 0 Å². The number of fused-ring (bicyclic) bond motifs is 1. The number of benzene rings is 2. The van der Waals surface area contributed by atoms with Crippen molar-refractivity contribution in [3.8, 4) is 5.75 Å². The van der Waals surface area contributed by atoms with Gasteiger partial charge in [-0.1, -0.05) is 17.7 Å². The molecule has 0 unspecified atom stereocenters. The number of pyridine rings is 1. The largest absolute Gasteiger partial charge is 0.497 e. The van der Waals surface area contributed by atoms with Crippen LogP contribution in [-0.2, 0) is 6.42 Å². The van der Waals surface area contributed by atoms with Crippen LogP contribution >= 0.6 is 11.6 Å². The summed E-state index contributed by atoms with van der Waals surface area (Å²) in [7, 11) is 1.56. The molecule has 36 heavy (non-hydrogen) atoms. The van der Waals surface area contributed by atoms with Crippen LogP contribution in [0, 0.1) is 17.0 Å². The van der Waals surface area contributed by atoms with Crippen LogP contribution in [0.3, 0.4) is 0 Å². The van der Waals surface area contributed by atoms with Gasteiger partial charge in [-0.25, -0.2) is 13.2 Å². The van der Waals surface area contributed by atoms with Crippen molar-refractivity contribution >= 4 is 22.5 Å². The fraction of sp³-hybridized carbons (Fsp3) is 0.464. The lowest BCUT2D eigenvalue weighted by Crippen LogP contribution is -2.42. The van der Waals surface area contributed by atoms with Crippen molar-refractivity contribution in [3.05, 3.63) is 70.4 Å². The van der Waals surface area contributed by atoms with Gasteiger partial charge in [-0.05, 0) is 93.9 Å². The average molecular weight is 521 g/mol. The first-order chi connectivity index (χ1) is 17.4. The van der Waals surface area contributed by atoms with E-state index in [9.17, 15) is 13.9 Å². The molecule has 0 radical (unpaired) electrons. The maximum atomic E-state index is 15.6. The van der Waals surface area contributed by atoms with Crippen LogP contribution in [0.2, 0.25) is 5.02 Å². The Morgan fingerprint density at radius 1 is 1.17 bits per heavy atom. The first-order valence-corrected chi connectivity index (χ1v) is 12.8. The minimum absolute atomic E-state index is 0.00730. The van der Waals surface area contributed by atoms with Crippen molar-refractivity contribution in [2.45, 2.75) is 44.7 Å². The van der Waals surface area contributed by atoms with Crippen molar-refractivity contribution in [2.24, 2.45) is 5.41 Å². The maximum Gasteiger partial charge on any atom is 0.129 e. The molecule has 4 nitrogen and oxygen atoms in total. The van der Waals surface area contributed by atoms with E-state index >= 15 is 4.39 Å². The molecule has 4 rings (SSSR count). The van der Waals surface area contributed by atoms with Gasteiger partial charge in [0.2, 0.25) is 0 Å². The topological polar surface area (TPSA) is 45.6 Å². The molecule has 0 bridgehead atoms. The van der Waals surface area contributed by atoms with Crippen molar-refractivity contribution < 1.29 is 23.0 Å². The summed E-state index contributed by atoms with van der Waals surface area (Å²) in [6.07, 6.45) is 3.42. The highest BCUT2D eigenvalue weighted by molar-refractivity contribution is 6.32. The summed E-state index contributed by atoms with van der Waals surface area (Å²) >= 11 is 6.37. The van der Waals surface area contributed by atoms with Gasteiger partial charge >= 0.3 is 0 Å². The normalized spacial score (nSPS) is 16.8. The van der Waals surface area contributed by atoms with Crippen LogP contribution in [0.1, 0.15) is 49.4 Å². The molecule has 0 amide bonds. The van der Waals surface area contributed by atoms with Gasteiger partial charge in [-0.15, -0.1) is 0 Å². The highest BCUT2D eigenvalue weighted by Gasteiger charge is 2.35. The number of methoxy groups -OCH3 is 1. The first kappa shape index (κ1) is 26.7. The van der Waals surface area contributed by atoms with E-state index in [0.29, 0.717) is 41.5 Å². The number of aromatic nitrogens is 1. The Morgan fingerprint density at radius 3 is 2.56 bits per heavy atom. The van der Waals surface area contributed by atoms with Crippen molar-refractivity contribution in [2.75, 3.05) is 33.4 Å². The van der Waals surface area contributed by atoms with E-state index in [-0.39, 0.29) is 29.0 Å². The molecule has 2 aromatic carbocycles. The molecule has 194 valence electrons. The fourth-order valence-corrected chi connectivity index (χ4v) is 5.45. The molecule has 1 aliphatic heterocycles. The second kappa shape index (κ2) is 11.8. The zero-order valence-corrected chi connectivity index (χ0v) is 21.2. The van der Waals surface area contributed by atoms with E-state index in [4.69, 9.17) is 16.3 Å². The number of rotatable bonds is 10. The molecule has 1 aliphatic rings. The summed E-state index contributed by atoms with van der Waals surface area (Å²) < 4.78 is 48.6. The molecule has 1 fully saturated rings. The zero-order chi connectivity index (χ0) is 25.7. The predicted molar refractivity (Wildman–Crippen MR) is 136 cm³/mol. The van der Waals surface area contributed by atoms with Crippen molar-refractivity contribution in [3.63, 3.8) is 0 Å². The lowest BCUT2D eigenvalue weighted by molar-refractivity contribution is 0.0300. The van der Waals surface area contributed by atoms with Gasteiger partial charge in [0, 0.05) is 29.3 Å². The third-order valence-electron chi connectivity index (χ3n) is 7.52. The van der Waals surface area contributed by atoms with Gasteiger partial charge in [-0.2, -0.15) is 0 Å². The number of aliphatic hydroxyl groups is 1. The summed E-state index contributed by atoms with van der Waals surface area (Å²) in [5.74, 6) is -0.402. The molecular weight excluding hydrogens is 489 g/mol. The molecule has 1 aromatic heterocycles. The van der Waals surface area contributed by atoms with E-state index < -0.39 is 17.8 Å². The maximum absolute atomic E-state index is 15.6. The summed E-state index contributed by atoms with van der Waals surface area (Å²) in [6, 6.07) is 9.26. The number of halogens is 4. The monoisotopic (exact) mass is 520 g/mol. The van der Waals surface area contributed by atoms with Gasteiger partial charge in [-0.3, -0.25) is 4.98 Å². The number of aliphatic hydroxyl groups excluding tert-OH is 1. The van der Waals surface area contributed by atoms with Gasteiger partial charge in [0.1, 0.15) is 23.6 Å². The number of piperidine rings is 1. The lowest BCUT2D eigenvalue weighted by Gasteiger charge is -2.41. The van der Waals surface area contributed by atoms with Crippen molar-refractivity contribution in [1.82, 2.24) is 9.88 Å². The molecule has 1 atom stereocenters. The first-order valence-electron chi connectivity index (χ1n) is 12.4. The number of alkyl halides is 1. The summed E-state index contributed by atoms with van der Waals surface area (Å²) in [5, 5.41) is 11.1. The number of likely N-dealkylation sites (tertiary alicyclic amines) is 1. The molecule has 8 heteroatoms. The fourth-order valence-electron chi connectivity index (χ4n) is 5.18. The number of hydrogen-bond acceptors (Lipinski definition) is 4. The van der Waals surface area contributed by atoms with Crippen LogP contribution < -0.4 is 4.74 Å². The smallest absolute Gasteiger partial charge is 0.129 e. The minimum Gasteiger partial charge on any atom is -0.497 e. The molecular formula is C28H32ClF3N2O2. The van der Waals surface area contributed by atoms with E-state index in [1.54, 1.807) is 25.3 Å². The van der Waals surface area contributed by atoms with Crippen LogP contribution in [0.5, 0.6) is 5.75 Å². The summed E-state index contributed by atoms with van der Waals surface area (Å²) in [5.41, 5.74) is 0.837. The highest BCUT2D eigenvalue weighted by atomic mass is 35.5. The van der Waals surface area contributed by atoms with E-state index in [1.165, 1.54) is 24.4 Å². The molecule has 2 heterocycles. The van der Waals surface area contributed by atoms with E-state index in [2.05, 4.69) is 9.88 Å². The average Bonchev–Trinajstić information content (AvgIpc) is 2.89. The zero-order valence-electron chi connectivity index (χ0n) is 20.5. The lowest BCUT2D eigenvalue weighted by atomic mass is 9.74. The molecule has 3 aromatic rings. The third-order valence-corrected chi connectivity index (χ3v) is 7.83. The van der Waals surface area contributed by atoms with Crippen LogP contribution in [0.15, 0.2) is 42.6 Å². The van der Waals surface area contributed by atoms with Crippen molar-refractivity contribution in [1.29, 1.82) is 0 Å². The Bertz CT molecular complexity index is 1160. The van der Waals surface area contributed by atoms with Gasteiger partial charge in [0.05, 0.1) is 17.6 Å². The number of nitrogens with zero attached hydrogens (tertiary/aromatic N) is 2. The molecule has 1 saturated heterocycles. The Kier molecular flexibility index (Phi) is 8.75. The Labute approximate surface area is 215 Å².